The standard InChI is InChI=1S/C18H25BrN2O/c1-11(12-4-3-7-16(19)10-12)21-18(22)15-8-13-5-2-6-14(9-15)17(13)20/h3-4,7,10-11,13-15,17H,2,5-6,8-9,20H2,1H3,(H,21,22). The summed E-state index contributed by atoms with van der Waals surface area (Å²) in [6, 6.07) is 8.49. The van der Waals surface area contributed by atoms with Crippen molar-refractivity contribution in [1.29, 1.82) is 0 Å². The fraction of sp³-hybridized carbons (Fsp3) is 0.611. The lowest BCUT2D eigenvalue weighted by atomic mass is 9.65. The van der Waals surface area contributed by atoms with Gasteiger partial charge in [0.2, 0.25) is 5.91 Å². The summed E-state index contributed by atoms with van der Waals surface area (Å²) < 4.78 is 1.05. The number of fused-ring (bicyclic) bond motifs is 2. The second-order valence-electron chi connectivity index (χ2n) is 6.98. The number of rotatable bonds is 3. The largest absolute Gasteiger partial charge is 0.349 e. The molecule has 4 heteroatoms. The third-order valence-corrected chi connectivity index (χ3v) is 5.98. The third-order valence-electron chi connectivity index (χ3n) is 5.49. The SMILES string of the molecule is CC(NC(=O)C1CC2CCCC(C1)C2N)c1cccc(Br)c1. The molecule has 3 N–H and O–H groups in total. The molecule has 0 aromatic heterocycles. The van der Waals surface area contributed by atoms with Crippen LogP contribution in [0.25, 0.3) is 0 Å². The number of hydrogen-bond donors (Lipinski definition) is 2. The minimum atomic E-state index is 0.0421. The van der Waals surface area contributed by atoms with Gasteiger partial charge in [-0.3, -0.25) is 4.79 Å². The van der Waals surface area contributed by atoms with Gasteiger partial charge in [-0.25, -0.2) is 0 Å². The van der Waals surface area contributed by atoms with Gasteiger partial charge in [0.05, 0.1) is 6.04 Å². The van der Waals surface area contributed by atoms with Crippen molar-refractivity contribution in [3.63, 3.8) is 0 Å². The summed E-state index contributed by atoms with van der Waals surface area (Å²) >= 11 is 3.49. The Balaban J connectivity index is 1.62. The van der Waals surface area contributed by atoms with Gasteiger partial charge in [0.25, 0.3) is 0 Å². The van der Waals surface area contributed by atoms with E-state index in [0.29, 0.717) is 17.9 Å². The van der Waals surface area contributed by atoms with Gasteiger partial charge in [-0.2, -0.15) is 0 Å². The van der Waals surface area contributed by atoms with Crippen molar-refractivity contribution in [2.24, 2.45) is 23.5 Å². The summed E-state index contributed by atoms with van der Waals surface area (Å²) in [5.41, 5.74) is 7.45. The first-order valence-corrected chi connectivity index (χ1v) is 9.15. The van der Waals surface area contributed by atoms with Gasteiger partial charge in [0.1, 0.15) is 0 Å². The average Bonchev–Trinajstić information content (AvgIpc) is 2.46. The number of carbonyl (C=O) groups is 1. The third kappa shape index (κ3) is 3.38. The first-order chi connectivity index (χ1) is 10.5. The summed E-state index contributed by atoms with van der Waals surface area (Å²) in [6.45, 7) is 2.05. The first kappa shape index (κ1) is 16.0. The van der Waals surface area contributed by atoms with Crippen molar-refractivity contribution in [3.8, 4) is 0 Å². The van der Waals surface area contributed by atoms with Gasteiger partial charge >= 0.3 is 0 Å². The minimum absolute atomic E-state index is 0.0421. The van der Waals surface area contributed by atoms with Crippen molar-refractivity contribution in [1.82, 2.24) is 5.32 Å². The van der Waals surface area contributed by atoms with Crippen molar-refractivity contribution >= 4 is 21.8 Å². The molecule has 2 aliphatic carbocycles. The molecule has 0 aliphatic heterocycles. The fourth-order valence-corrected chi connectivity index (χ4v) is 4.61. The van der Waals surface area contributed by atoms with E-state index in [1.807, 2.05) is 12.1 Å². The van der Waals surface area contributed by atoms with Crippen LogP contribution in [0.15, 0.2) is 28.7 Å². The highest BCUT2D eigenvalue weighted by atomic mass is 79.9. The van der Waals surface area contributed by atoms with Crippen LogP contribution >= 0.6 is 15.9 Å². The Kier molecular flexibility index (Phi) is 4.88. The van der Waals surface area contributed by atoms with Crippen LogP contribution in [0.3, 0.4) is 0 Å². The zero-order chi connectivity index (χ0) is 15.7. The van der Waals surface area contributed by atoms with Crippen LogP contribution in [0, 0.1) is 17.8 Å². The monoisotopic (exact) mass is 364 g/mol. The average molecular weight is 365 g/mol. The van der Waals surface area contributed by atoms with Crippen molar-refractivity contribution in [2.75, 3.05) is 0 Å². The molecule has 0 radical (unpaired) electrons. The Morgan fingerprint density at radius 3 is 2.64 bits per heavy atom. The van der Waals surface area contributed by atoms with Gasteiger partial charge in [-0.1, -0.05) is 34.5 Å². The predicted molar refractivity (Wildman–Crippen MR) is 92.2 cm³/mol. The minimum Gasteiger partial charge on any atom is -0.349 e. The summed E-state index contributed by atoms with van der Waals surface area (Å²) in [5, 5.41) is 3.20. The molecule has 0 spiro atoms. The molecular formula is C18H25BrN2O. The predicted octanol–water partition coefficient (Wildman–Crippen LogP) is 3.78. The topological polar surface area (TPSA) is 55.1 Å². The molecule has 2 fully saturated rings. The Bertz CT molecular complexity index is 534. The summed E-state index contributed by atoms with van der Waals surface area (Å²) in [6.07, 6.45) is 5.61. The molecule has 0 saturated heterocycles. The molecular weight excluding hydrogens is 340 g/mol. The summed E-state index contributed by atoms with van der Waals surface area (Å²) in [4.78, 5) is 12.6. The highest BCUT2D eigenvalue weighted by molar-refractivity contribution is 9.10. The molecule has 3 unspecified atom stereocenters. The maximum Gasteiger partial charge on any atom is 0.223 e. The molecule has 22 heavy (non-hydrogen) atoms. The molecule has 3 rings (SSSR count). The Hall–Kier alpha value is -0.870. The second-order valence-corrected chi connectivity index (χ2v) is 7.90. The van der Waals surface area contributed by atoms with Crippen LogP contribution in [0.5, 0.6) is 0 Å². The molecule has 1 aromatic rings. The van der Waals surface area contributed by atoms with E-state index in [0.717, 1.165) is 22.9 Å². The van der Waals surface area contributed by atoms with E-state index in [2.05, 4.69) is 40.3 Å². The lowest BCUT2D eigenvalue weighted by Crippen LogP contribution is -2.49. The molecule has 2 saturated carbocycles. The highest BCUT2D eigenvalue weighted by Gasteiger charge is 2.40. The van der Waals surface area contributed by atoms with Gasteiger partial charge < -0.3 is 11.1 Å². The van der Waals surface area contributed by atoms with E-state index < -0.39 is 0 Å². The maximum absolute atomic E-state index is 12.6. The quantitative estimate of drug-likeness (QED) is 0.857. The van der Waals surface area contributed by atoms with E-state index in [4.69, 9.17) is 5.73 Å². The molecule has 3 atom stereocenters. The molecule has 2 bridgehead atoms. The van der Waals surface area contributed by atoms with E-state index >= 15 is 0 Å². The number of hydrogen-bond acceptors (Lipinski definition) is 2. The number of benzene rings is 1. The molecule has 1 aromatic carbocycles. The van der Waals surface area contributed by atoms with Gasteiger partial charge in [0.15, 0.2) is 0 Å². The molecule has 1 amide bonds. The molecule has 120 valence electrons. The Morgan fingerprint density at radius 2 is 2.00 bits per heavy atom. The smallest absolute Gasteiger partial charge is 0.223 e. The van der Waals surface area contributed by atoms with Gasteiger partial charge in [-0.15, -0.1) is 0 Å². The second kappa shape index (κ2) is 6.71. The van der Waals surface area contributed by atoms with E-state index in [9.17, 15) is 4.79 Å². The van der Waals surface area contributed by atoms with Crippen molar-refractivity contribution in [3.05, 3.63) is 34.3 Å². The van der Waals surface area contributed by atoms with E-state index in [-0.39, 0.29) is 17.9 Å². The molecule has 3 nitrogen and oxygen atoms in total. The molecule has 0 heterocycles. The number of nitrogens with two attached hydrogens (primary N) is 1. The lowest BCUT2D eigenvalue weighted by Gasteiger charge is -2.43. The van der Waals surface area contributed by atoms with E-state index in [1.165, 1.54) is 19.3 Å². The number of carbonyl (C=O) groups excluding carboxylic acids is 1. The van der Waals surface area contributed by atoms with Crippen LogP contribution in [0.4, 0.5) is 0 Å². The van der Waals surface area contributed by atoms with Gasteiger partial charge in [-0.05, 0) is 62.1 Å². The number of nitrogens with one attached hydrogen (secondary N) is 1. The van der Waals surface area contributed by atoms with Gasteiger partial charge in [0, 0.05) is 16.4 Å². The van der Waals surface area contributed by atoms with Crippen LogP contribution in [-0.4, -0.2) is 11.9 Å². The van der Waals surface area contributed by atoms with Crippen molar-refractivity contribution < 1.29 is 4.79 Å². The number of amides is 1. The normalized spacial score (nSPS) is 32.3. The fourth-order valence-electron chi connectivity index (χ4n) is 4.19. The van der Waals surface area contributed by atoms with Crippen LogP contribution < -0.4 is 11.1 Å². The zero-order valence-corrected chi connectivity index (χ0v) is 14.7. The maximum atomic E-state index is 12.6. The summed E-state index contributed by atoms with van der Waals surface area (Å²) in [5.74, 6) is 1.44. The van der Waals surface area contributed by atoms with Crippen LogP contribution in [0.1, 0.15) is 50.6 Å². The van der Waals surface area contributed by atoms with Crippen molar-refractivity contribution in [2.45, 2.75) is 51.1 Å². The Morgan fingerprint density at radius 1 is 1.32 bits per heavy atom. The Labute approximate surface area is 141 Å². The lowest BCUT2D eigenvalue weighted by molar-refractivity contribution is -0.128. The molecule has 2 aliphatic rings. The number of halogens is 1. The first-order valence-electron chi connectivity index (χ1n) is 8.36. The van der Waals surface area contributed by atoms with E-state index in [1.54, 1.807) is 0 Å². The van der Waals surface area contributed by atoms with Crippen LogP contribution in [-0.2, 0) is 4.79 Å². The summed E-state index contributed by atoms with van der Waals surface area (Å²) in [7, 11) is 0. The zero-order valence-electron chi connectivity index (χ0n) is 13.1. The highest BCUT2D eigenvalue weighted by Crippen LogP contribution is 2.42. The van der Waals surface area contributed by atoms with Crippen LogP contribution in [0.2, 0.25) is 0 Å².